The fourth-order valence-electron chi connectivity index (χ4n) is 7.61. The molecule has 54 heavy (non-hydrogen) atoms. The van der Waals surface area contributed by atoms with Gasteiger partial charge in [0.15, 0.2) is 0 Å². The number of hydrogen-bond acceptors (Lipinski definition) is 1. The molecule has 0 unspecified atom stereocenters. The number of rotatable bonds is 7. The number of aromatic nitrogens is 1. The third kappa shape index (κ3) is 5.44. The molecular weight excluding hydrogens is 653 g/mol. The summed E-state index contributed by atoms with van der Waals surface area (Å²) in [7, 11) is 0. The Morgan fingerprint density at radius 1 is 0.407 bits per heavy atom. The standard InChI is InChI=1S/C52H36N2/c1-4-16-37(17-5-1)38-30-33-42(34-31-38)53(48-28-12-10-25-45(48)39-18-6-2-7-19-39)43-23-15-24-44(36-43)54-49-29-13-11-26-47(49)52-50(54)35-32-41-22-14-27-46(51(41)52)40-20-8-3-9-21-40/h1-36H/i1D,4D,5D,11D,13D,16D,17D,26D,29D. The van der Waals surface area contributed by atoms with Gasteiger partial charge in [0.25, 0.3) is 0 Å². The molecule has 2 heteroatoms. The number of anilines is 3. The molecule has 0 saturated carbocycles. The molecule has 0 aliphatic carbocycles. The highest BCUT2D eigenvalue weighted by molar-refractivity contribution is 6.24. The number of hydrogen-bond donors (Lipinski definition) is 0. The summed E-state index contributed by atoms with van der Waals surface area (Å²) in [6.07, 6.45) is 0. The van der Waals surface area contributed by atoms with E-state index in [4.69, 9.17) is 9.60 Å². The Kier molecular flexibility index (Phi) is 5.82. The molecule has 0 spiro atoms. The molecular formula is C52H36N2. The third-order valence-corrected chi connectivity index (χ3v) is 9.98. The maximum Gasteiger partial charge on any atom is 0.0645 e. The minimum atomic E-state index is -0.447. The lowest BCUT2D eigenvalue weighted by Gasteiger charge is -2.28. The lowest BCUT2D eigenvalue weighted by atomic mass is 9.94. The van der Waals surface area contributed by atoms with E-state index >= 15 is 0 Å². The molecule has 0 fully saturated rings. The number of para-hydroxylation sites is 2. The molecule has 1 heterocycles. The smallest absolute Gasteiger partial charge is 0.0645 e. The Morgan fingerprint density at radius 2 is 1.07 bits per heavy atom. The first-order chi connectivity index (χ1) is 30.5. The Morgan fingerprint density at radius 3 is 1.87 bits per heavy atom. The fraction of sp³-hybridized carbons (Fsp3) is 0. The van der Waals surface area contributed by atoms with E-state index in [0.717, 1.165) is 61.0 Å². The minimum Gasteiger partial charge on any atom is -0.310 e. The first-order valence-electron chi connectivity index (χ1n) is 22.3. The summed E-state index contributed by atoms with van der Waals surface area (Å²) >= 11 is 0. The van der Waals surface area contributed by atoms with E-state index in [1.807, 2.05) is 144 Å². The summed E-state index contributed by atoms with van der Waals surface area (Å²) in [5.74, 6) is 0. The minimum absolute atomic E-state index is 0.112. The van der Waals surface area contributed by atoms with Gasteiger partial charge in [-0.25, -0.2) is 0 Å². The normalized spacial score (nSPS) is 13.7. The molecule has 0 atom stereocenters. The van der Waals surface area contributed by atoms with Crippen LogP contribution in [0.25, 0.3) is 71.6 Å². The first-order valence-corrected chi connectivity index (χ1v) is 17.8. The number of fused-ring (bicyclic) bond motifs is 5. The molecule has 2 nitrogen and oxygen atoms in total. The van der Waals surface area contributed by atoms with Gasteiger partial charge in [0.05, 0.1) is 29.1 Å². The Bertz CT molecular complexity index is 3410. The van der Waals surface area contributed by atoms with Crippen molar-refractivity contribution in [3.05, 3.63) is 218 Å². The molecule has 0 saturated heterocycles. The van der Waals surface area contributed by atoms with Crippen LogP contribution in [0.4, 0.5) is 17.1 Å². The van der Waals surface area contributed by atoms with Gasteiger partial charge in [0.2, 0.25) is 0 Å². The molecule has 10 aromatic rings. The van der Waals surface area contributed by atoms with Crippen molar-refractivity contribution in [2.75, 3.05) is 4.90 Å². The molecule has 10 rings (SSSR count). The van der Waals surface area contributed by atoms with E-state index in [-0.39, 0.29) is 41.8 Å². The predicted molar refractivity (Wildman–Crippen MR) is 229 cm³/mol. The summed E-state index contributed by atoms with van der Waals surface area (Å²) in [4.78, 5) is 2.10. The van der Waals surface area contributed by atoms with Crippen molar-refractivity contribution in [3.63, 3.8) is 0 Å². The molecule has 0 bridgehead atoms. The van der Waals surface area contributed by atoms with Crippen molar-refractivity contribution in [2.45, 2.75) is 0 Å². The van der Waals surface area contributed by atoms with Gasteiger partial charge in [0.1, 0.15) is 0 Å². The average molecular weight is 698 g/mol. The van der Waals surface area contributed by atoms with Crippen LogP contribution in [0.15, 0.2) is 218 Å². The molecule has 9 aromatic carbocycles. The zero-order valence-corrected chi connectivity index (χ0v) is 29.0. The summed E-state index contributed by atoms with van der Waals surface area (Å²) in [5, 5.41) is 3.00. The van der Waals surface area contributed by atoms with Crippen molar-refractivity contribution >= 4 is 49.6 Å². The summed E-state index contributed by atoms with van der Waals surface area (Å²) < 4.78 is 80.3. The van der Waals surface area contributed by atoms with Gasteiger partial charge >= 0.3 is 0 Å². The number of nitrogens with zero attached hydrogens (tertiary/aromatic N) is 2. The summed E-state index contributed by atoms with van der Waals surface area (Å²) in [6, 6.07) is 50.7. The second-order valence-electron chi connectivity index (χ2n) is 13.1. The Labute approximate surface area is 328 Å². The highest BCUT2D eigenvalue weighted by Crippen LogP contribution is 2.44. The van der Waals surface area contributed by atoms with Gasteiger partial charge in [-0.15, -0.1) is 0 Å². The first kappa shape index (κ1) is 23.4. The predicted octanol–water partition coefficient (Wildman–Crippen LogP) is 14.4. The topological polar surface area (TPSA) is 8.17 Å². The third-order valence-electron chi connectivity index (χ3n) is 9.98. The van der Waals surface area contributed by atoms with Crippen molar-refractivity contribution in [1.82, 2.24) is 4.57 Å². The van der Waals surface area contributed by atoms with Crippen LogP contribution >= 0.6 is 0 Å². The van der Waals surface area contributed by atoms with Gasteiger partial charge in [-0.05, 0) is 87.1 Å². The summed E-state index contributed by atoms with van der Waals surface area (Å²) in [5.41, 5.74) is 8.56. The van der Waals surface area contributed by atoms with Crippen molar-refractivity contribution in [3.8, 4) is 39.1 Å². The molecule has 254 valence electrons. The monoisotopic (exact) mass is 697 g/mol. The van der Waals surface area contributed by atoms with Crippen molar-refractivity contribution < 1.29 is 12.3 Å². The van der Waals surface area contributed by atoms with Gasteiger partial charge in [-0.3, -0.25) is 0 Å². The van der Waals surface area contributed by atoms with Gasteiger partial charge in [0, 0.05) is 33.4 Å². The molecule has 0 aliphatic heterocycles. The van der Waals surface area contributed by atoms with E-state index in [2.05, 4.69) is 17.0 Å². The van der Waals surface area contributed by atoms with Crippen molar-refractivity contribution in [2.24, 2.45) is 0 Å². The van der Waals surface area contributed by atoms with Crippen LogP contribution in [0.2, 0.25) is 0 Å². The molecule has 1 aromatic heterocycles. The molecule has 0 N–H and O–H groups in total. The Hall–Kier alpha value is -7.16. The largest absolute Gasteiger partial charge is 0.310 e. The van der Waals surface area contributed by atoms with E-state index in [9.17, 15) is 2.74 Å². The Balaban J connectivity index is 1.24. The highest BCUT2D eigenvalue weighted by atomic mass is 15.1. The van der Waals surface area contributed by atoms with Crippen LogP contribution in [0.3, 0.4) is 0 Å². The quantitative estimate of drug-likeness (QED) is 0.161. The molecule has 0 radical (unpaired) electrons. The second-order valence-corrected chi connectivity index (χ2v) is 13.1. The van der Waals surface area contributed by atoms with Gasteiger partial charge in [-0.2, -0.15) is 0 Å². The lowest BCUT2D eigenvalue weighted by Crippen LogP contribution is -2.11. The van der Waals surface area contributed by atoms with Crippen LogP contribution in [0.1, 0.15) is 12.3 Å². The molecule has 0 amide bonds. The zero-order valence-electron chi connectivity index (χ0n) is 38.0. The van der Waals surface area contributed by atoms with Crippen LogP contribution in [-0.4, -0.2) is 4.57 Å². The summed E-state index contributed by atoms with van der Waals surface area (Å²) in [6.45, 7) is 0. The van der Waals surface area contributed by atoms with Crippen LogP contribution < -0.4 is 4.90 Å². The molecule has 0 aliphatic rings. The zero-order chi connectivity index (χ0) is 43.7. The average Bonchev–Trinajstić information content (AvgIpc) is 3.68. The van der Waals surface area contributed by atoms with E-state index in [1.165, 1.54) is 0 Å². The number of benzene rings is 9. The van der Waals surface area contributed by atoms with Gasteiger partial charge < -0.3 is 9.47 Å². The lowest BCUT2D eigenvalue weighted by molar-refractivity contribution is 1.17. The van der Waals surface area contributed by atoms with Crippen LogP contribution in [-0.2, 0) is 0 Å². The maximum atomic E-state index is 9.38. The van der Waals surface area contributed by atoms with E-state index < -0.39 is 18.1 Å². The SMILES string of the molecule is [2H]c1c([2H])c([2H])c(-c2ccc(N(c3cccc(-n4c5ccc6cccc(-c7ccccc7)c6c5c5c([2H])c([2H])c([2H])c([2H])c54)c3)c3ccccc3-c3ccccc3)cc2)c([2H])c1[2H]. The second kappa shape index (κ2) is 13.4. The van der Waals surface area contributed by atoms with Crippen molar-refractivity contribution in [1.29, 1.82) is 0 Å². The van der Waals surface area contributed by atoms with Crippen LogP contribution in [0.5, 0.6) is 0 Å². The van der Waals surface area contributed by atoms with Crippen LogP contribution in [0, 0.1) is 0 Å². The van der Waals surface area contributed by atoms with E-state index in [1.54, 1.807) is 12.1 Å². The maximum absolute atomic E-state index is 9.38. The fourth-order valence-corrected chi connectivity index (χ4v) is 7.61. The van der Waals surface area contributed by atoms with Gasteiger partial charge in [-0.1, -0.05) is 170 Å². The highest BCUT2D eigenvalue weighted by Gasteiger charge is 2.20. The van der Waals surface area contributed by atoms with E-state index in [0.29, 0.717) is 22.2 Å².